The quantitative estimate of drug-likeness (QED) is 0.792. The van der Waals surface area contributed by atoms with Crippen molar-refractivity contribution in [3.8, 4) is 0 Å². The van der Waals surface area contributed by atoms with Gasteiger partial charge in [0.1, 0.15) is 5.82 Å². The van der Waals surface area contributed by atoms with Gasteiger partial charge in [0.25, 0.3) is 0 Å². The summed E-state index contributed by atoms with van der Waals surface area (Å²) < 4.78 is 6.02. The number of H-pyrrole nitrogens is 1. The van der Waals surface area contributed by atoms with Crippen LogP contribution in [0.1, 0.15) is 18.7 Å². The third-order valence-corrected chi connectivity index (χ3v) is 5.24. The molecule has 0 spiro atoms. The Morgan fingerprint density at radius 3 is 2.96 bits per heavy atom. The molecule has 0 atom stereocenters. The van der Waals surface area contributed by atoms with Gasteiger partial charge in [0.05, 0.1) is 5.52 Å². The predicted molar refractivity (Wildman–Crippen MR) is 89.9 cm³/mol. The van der Waals surface area contributed by atoms with E-state index in [1.54, 1.807) is 10.8 Å². The summed E-state index contributed by atoms with van der Waals surface area (Å²) in [5.41, 5.74) is 1.49. The average molecular weight is 330 g/mol. The number of hydrogen-bond donors (Lipinski definition) is 1. The number of aryl methyl sites for hydroxylation is 1. The molecule has 8 heteroatoms. The molecular weight excluding hydrogens is 312 g/mol. The van der Waals surface area contributed by atoms with Crippen molar-refractivity contribution in [2.45, 2.75) is 26.3 Å². The highest BCUT2D eigenvalue weighted by Gasteiger charge is 2.23. The van der Waals surface area contributed by atoms with Gasteiger partial charge in [0, 0.05) is 37.4 Å². The number of hydrogen-bond acceptors (Lipinski definition) is 6. The molecule has 120 valence electrons. The monoisotopic (exact) mass is 330 g/mol. The van der Waals surface area contributed by atoms with Gasteiger partial charge in [0.15, 0.2) is 5.65 Å². The zero-order chi connectivity index (χ0) is 15.8. The minimum Gasteiger partial charge on any atom is -0.347 e. The van der Waals surface area contributed by atoms with E-state index in [0.29, 0.717) is 5.92 Å². The van der Waals surface area contributed by atoms with Crippen LogP contribution >= 0.6 is 11.5 Å². The minimum atomic E-state index is -0.0686. The molecule has 0 aliphatic carbocycles. The van der Waals surface area contributed by atoms with Crippen LogP contribution in [0, 0.1) is 12.8 Å². The number of nitrogens with one attached hydrogen (secondary N) is 1. The van der Waals surface area contributed by atoms with Crippen molar-refractivity contribution < 1.29 is 0 Å². The Labute approximate surface area is 137 Å². The molecule has 3 aromatic rings. The molecule has 0 saturated carbocycles. The lowest BCUT2D eigenvalue weighted by atomic mass is 9.97. The fourth-order valence-electron chi connectivity index (χ4n) is 3.14. The van der Waals surface area contributed by atoms with Gasteiger partial charge in [0.2, 0.25) is 5.13 Å². The number of fused-ring (bicyclic) bond motifs is 1. The van der Waals surface area contributed by atoms with E-state index < -0.39 is 0 Å². The summed E-state index contributed by atoms with van der Waals surface area (Å²) in [6, 6.07) is 3.73. The molecule has 23 heavy (non-hydrogen) atoms. The normalized spacial score (nSPS) is 16.3. The third-order valence-electron chi connectivity index (χ3n) is 4.37. The Balaban J connectivity index is 1.46. The molecule has 0 amide bonds. The van der Waals surface area contributed by atoms with Crippen molar-refractivity contribution >= 4 is 27.8 Å². The maximum Gasteiger partial charge on any atom is 0.327 e. The van der Waals surface area contributed by atoms with E-state index in [9.17, 15) is 4.79 Å². The van der Waals surface area contributed by atoms with Crippen molar-refractivity contribution in [1.29, 1.82) is 0 Å². The van der Waals surface area contributed by atoms with Gasteiger partial charge in [-0.1, -0.05) is 0 Å². The molecule has 1 fully saturated rings. The van der Waals surface area contributed by atoms with Crippen LogP contribution in [-0.2, 0) is 6.54 Å². The summed E-state index contributed by atoms with van der Waals surface area (Å²) >= 11 is 1.46. The summed E-state index contributed by atoms with van der Waals surface area (Å²) in [5, 5.41) is 1.01. The zero-order valence-electron chi connectivity index (χ0n) is 12.9. The van der Waals surface area contributed by atoms with Crippen molar-refractivity contribution in [2.75, 3.05) is 18.0 Å². The molecule has 3 aromatic heterocycles. The second-order valence-corrected chi connectivity index (χ2v) is 6.70. The van der Waals surface area contributed by atoms with Gasteiger partial charge in [-0.15, -0.1) is 0 Å². The number of aromatic amines is 1. The van der Waals surface area contributed by atoms with E-state index >= 15 is 0 Å². The van der Waals surface area contributed by atoms with E-state index in [1.807, 2.05) is 19.1 Å². The highest BCUT2D eigenvalue weighted by Crippen LogP contribution is 2.25. The van der Waals surface area contributed by atoms with E-state index in [1.165, 1.54) is 11.5 Å². The average Bonchev–Trinajstić information content (AvgIpc) is 3.12. The summed E-state index contributed by atoms with van der Waals surface area (Å²) in [7, 11) is 0. The largest absolute Gasteiger partial charge is 0.347 e. The molecule has 1 N–H and O–H groups in total. The maximum atomic E-state index is 12.1. The van der Waals surface area contributed by atoms with Gasteiger partial charge in [-0.2, -0.15) is 4.37 Å². The first-order valence-electron chi connectivity index (χ1n) is 7.79. The van der Waals surface area contributed by atoms with Gasteiger partial charge in [-0.05, 0) is 37.8 Å². The van der Waals surface area contributed by atoms with Crippen LogP contribution in [0.15, 0.2) is 23.1 Å². The number of pyridine rings is 1. The van der Waals surface area contributed by atoms with Crippen LogP contribution in [0.5, 0.6) is 0 Å². The second kappa shape index (κ2) is 5.77. The van der Waals surface area contributed by atoms with E-state index in [-0.39, 0.29) is 5.69 Å². The fraction of sp³-hybridized carbons (Fsp3) is 0.467. The first kappa shape index (κ1) is 14.4. The highest BCUT2D eigenvalue weighted by molar-refractivity contribution is 7.09. The summed E-state index contributed by atoms with van der Waals surface area (Å²) in [4.78, 5) is 26.1. The van der Waals surface area contributed by atoms with Crippen molar-refractivity contribution in [1.82, 2.24) is 23.9 Å². The number of piperidine rings is 1. The van der Waals surface area contributed by atoms with E-state index in [2.05, 4.69) is 24.2 Å². The molecule has 1 aliphatic heterocycles. The standard InChI is InChI=1S/C15H18N6OS/c1-10-17-15(23-19-10)20-7-4-11(5-8-20)9-21-13-12(18-14(21)22)3-2-6-16-13/h2-3,6,11H,4-5,7-9H2,1H3,(H,18,22). The van der Waals surface area contributed by atoms with Gasteiger partial charge < -0.3 is 9.88 Å². The Kier molecular flexibility index (Phi) is 3.60. The van der Waals surface area contributed by atoms with E-state index in [0.717, 1.165) is 54.6 Å². The molecule has 1 aliphatic rings. The van der Waals surface area contributed by atoms with Crippen LogP contribution in [0.4, 0.5) is 5.13 Å². The molecule has 1 saturated heterocycles. The zero-order valence-corrected chi connectivity index (χ0v) is 13.7. The Morgan fingerprint density at radius 1 is 1.39 bits per heavy atom. The van der Waals surface area contributed by atoms with Gasteiger partial charge in [-0.3, -0.25) is 4.57 Å². The van der Waals surface area contributed by atoms with E-state index in [4.69, 9.17) is 0 Å². The third kappa shape index (κ3) is 2.74. The molecule has 4 rings (SSSR count). The molecule has 7 nitrogen and oxygen atoms in total. The van der Waals surface area contributed by atoms with Gasteiger partial charge in [-0.25, -0.2) is 14.8 Å². The lowest BCUT2D eigenvalue weighted by Gasteiger charge is -2.31. The summed E-state index contributed by atoms with van der Waals surface area (Å²) in [6.45, 7) is 4.57. The maximum absolute atomic E-state index is 12.1. The number of rotatable bonds is 3. The second-order valence-electron chi connectivity index (χ2n) is 5.97. The molecule has 0 unspecified atom stereocenters. The number of imidazole rings is 1. The molecule has 0 aromatic carbocycles. The predicted octanol–water partition coefficient (Wildman–Crippen LogP) is 1.80. The number of aromatic nitrogens is 5. The minimum absolute atomic E-state index is 0.0686. The number of nitrogens with zero attached hydrogens (tertiary/aromatic N) is 5. The Morgan fingerprint density at radius 2 is 2.22 bits per heavy atom. The topological polar surface area (TPSA) is 79.7 Å². The first-order chi connectivity index (χ1) is 11.2. The highest BCUT2D eigenvalue weighted by atomic mass is 32.1. The van der Waals surface area contributed by atoms with Crippen molar-refractivity contribution in [2.24, 2.45) is 5.92 Å². The van der Waals surface area contributed by atoms with Crippen molar-refractivity contribution in [3.63, 3.8) is 0 Å². The van der Waals surface area contributed by atoms with Crippen LogP contribution in [0.2, 0.25) is 0 Å². The van der Waals surface area contributed by atoms with Crippen LogP contribution < -0.4 is 10.6 Å². The van der Waals surface area contributed by atoms with Crippen molar-refractivity contribution in [3.05, 3.63) is 34.6 Å². The van der Waals surface area contributed by atoms with Gasteiger partial charge >= 0.3 is 5.69 Å². The lowest BCUT2D eigenvalue weighted by Crippen LogP contribution is -2.36. The lowest BCUT2D eigenvalue weighted by molar-refractivity contribution is 0.356. The molecular formula is C15H18N6OS. The molecule has 0 bridgehead atoms. The summed E-state index contributed by atoms with van der Waals surface area (Å²) in [6.07, 6.45) is 3.82. The summed E-state index contributed by atoms with van der Waals surface area (Å²) in [5.74, 6) is 1.32. The van der Waals surface area contributed by atoms with Crippen LogP contribution in [0.3, 0.4) is 0 Å². The fourth-order valence-corrected chi connectivity index (χ4v) is 3.86. The Hall–Kier alpha value is -2.22. The SMILES string of the molecule is Cc1nsc(N2CCC(Cn3c(=O)[nH]c4cccnc43)CC2)n1. The Bertz CT molecular complexity index is 873. The molecule has 4 heterocycles. The smallest absolute Gasteiger partial charge is 0.327 e. The number of anilines is 1. The first-order valence-corrected chi connectivity index (χ1v) is 8.57. The van der Waals surface area contributed by atoms with Crippen LogP contribution in [-0.4, -0.2) is 37.0 Å². The molecule has 0 radical (unpaired) electrons. The van der Waals surface area contributed by atoms with Crippen LogP contribution in [0.25, 0.3) is 11.2 Å².